The zero-order valence-electron chi connectivity index (χ0n) is 18.5. The Kier molecular flexibility index (Phi) is 7.67. The van der Waals surface area contributed by atoms with Gasteiger partial charge in [-0.05, 0) is 26.7 Å². The van der Waals surface area contributed by atoms with Gasteiger partial charge in [0.1, 0.15) is 5.82 Å². The summed E-state index contributed by atoms with van der Waals surface area (Å²) in [6, 6.07) is 1.05. The minimum atomic E-state index is -5.08. The molecule has 180 valence electrons. The average Bonchev–Trinajstić information content (AvgIpc) is 3.11. The maximum absolute atomic E-state index is 12.3. The minimum Gasteiger partial charge on any atom is -0.475 e. The number of fused-ring (bicyclic) bond motifs is 1. The van der Waals surface area contributed by atoms with E-state index < -0.39 is 12.1 Å². The molecular formula is C21H27F3N6O3. The van der Waals surface area contributed by atoms with Crippen LogP contribution in [0.2, 0.25) is 0 Å². The zero-order chi connectivity index (χ0) is 24.2. The summed E-state index contributed by atoms with van der Waals surface area (Å²) in [5.74, 6) is -1.70. The highest BCUT2D eigenvalue weighted by atomic mass is 19.4. The molecule has 2 aromatic rings. The van der Waals surface area contributed by atoms with E-state index >= 15 is 0 Å². The van der Waals surface area contributed by atoms with E-state index in [0.717, 1.165) is 42.0 Å². The average molecular weight is 468 g/mol. The van der Waals surface area contributed by atoms with Gasteiger partial charge in [-0.15, -0.1) is 0 Å². The SMILES string of the molecule is Cc1cnc(CNC(=O)Cc2cn3c(n2)C(C)N(C2CCC2)CC3)cn1.O=C(O)C(F)(F)F. The lowest BCUT2D eigenvalue weighted by atomic mass is 9.90. The maximum atomic E-state index is 12.3. The van der Waals surface area contributed by atoms with Crippen LogP contribution in [0.1, 0.15) is 55.1 Å². The number of nitrogens with zero attached hydrogens (tertiary/aromatic N) is 5. The Morgan fingerprint density at radius 3 is 2.42 bits per heavy atom. The number of alkyl halides is 3. The van der Waals surface area contributed by atoms with E-state index in [0.29, 0.717) is 19.0 Å². The molecule has 1 aliphatic heterocycles. The van der Waals surface area contributed by atoms with E-state index in [1.807, 2.05) is 13.1 Å². The van der Waals surface area contributed by atoms with Gasteiger partial charge in [-0.1, -0.05) is 6.42 Å². The molecule has 0 radical (unpaired) electrons. The topological polar surface area (TPSA) is 113 Å². The van der Waals surface area contributed by atoms with Gasteiger partial charge in [0.15, 0.2) is 0 Å². The number of carboxylic acids is 1. The summed E-state index contributed by atoms with van der Waals surface area (Å²) in [6.45, 7) is 6.56. The smallest absolute Gasteiger partial charge is 0.475 e. The lowest BCUT2D eigenvalue weighted by Gasteiger charge is -2.43. The fraction of sp³-hybridized carbons (Fsp3) is 0.571. The number of rotatable bonds is 5. The first-order valence-corrected chi connectivity index (χ1v) is 10.7. The van der Waals surface area contributed by atoms with E-state index in [1.165, 1.54) is 19.3 Å². The van der Waals surface area contributed by atoms with Gasteiger partial charge in [0.2, 0.25) is 5.91 Å². The number of aryl methyl sites for hydroxylation is 1. The van der Waals surface area contributed by atoms with Crippen LogP contribution < -0.4 is 5.32 Å². The number of imidazole rings is 1. The molecule has 2 N–H and O–H groups in total. The van der Waals surface area contributed by atoms with E-state index in [1.54, 1.807) is 12.4 Å². The summed E-state index contributed by atoms with van der Waals surface area (Å²) in [4.78, 5) is 36.9. The monoisotopic (exact) mass is 468 g/mol. The number of halogens is 3. The first-order chi connectivity index (χ1) is 15.5. The fourth-order valence-corrected chi connectivity index (χ4v) is 3.79. The molecule has 2 aliphatic rings. The second-order valence-electron chi connectivity index (χ2n) is 8.19. The molecule has 33 heavy (non-hydrogen) atoms. The maximum Gasteiger partial charge on any atom is 0.490 e. The van der Waals surface area contributed by atoms with Gasteiger partial charge in [-0.25, -0.2) is 9.78 Å². The third-order valence-corrected chi connectivity index (χ3v) is 5.76. The molecule has 1 saturated carbocycles. The van der Waals surface area contributed by atoms with Gasteiger partial charge in [-0.2, -0.15) is 13.2 Å². The first-order valence-electron chi connectivity index (χ1n) is 10.7. The molecule has 1 aliphatic carbocycles. The van der Waals surface area contributed by atoms with Crippen LogP contribution in [0.4, 0.5) is 13.2 Å². The molecule has 0 bridgehead atoms. The number of carbonyl (C=O) groups excluding carboxylic acids is 1. The van der Waals surface area contributed by atoms with Crippen LogP contribution in [0.5, 0.6) is 0 Å². The van der Waals surface area contributed by atoms with Crippen LogP contribution in [-0.4, -0.2) is 60.2 Å². The van der Waals surface area contributed by atoms with Crippen molar-refractivity contribution in [3.05, 3.63) is 41.5 Å². The standard InChI is InChI=1S/C19H26N6O.C2HF3O2/c1-13-9-21-16(10-20-13)11-22-18(26)8-15-12-24-6-7-25(17-4-3-5-17)14(2)19(24)23-15;3-2(4,5)1(6)7/h9-10,12,14,17H,3-8,11H2,1-2H3,(H,22,26);(H,6,7). The number of carboxylic acid groups (broad SMARTS) is 1. The number of amides is 1. The lowest BCUT2D eigenvalue weighted by molar-refractivity contribution is -0.192. The van der Waals surface area contributed by atoms with Gasteiger partial charge < -0.3 is 15.0 Å². The summed E-state index contributed by atoms with van der Waals surface area (Å²) in [7, 11) is 0. The molecule has 3 heterocycles. The van der Waals surface area contributed by atoms with Crippen molar-refractivity contribution in [3.8, 4) is 0 Å². The van der Waals surface area contributed by atoms with Crippen molar-refractivity contribution in [2.75, 3.05) is 6.54 Å². The Morgan fingerprint density at radius 1 is 1.18 bits per heavy atom. The van der Waals surface area contributed by atoms with E-state index in [2.05, 4.69) is 31.7 Å². The third kappa shape index (κ3) is 6.50. The molecule has 2 aromatic heterocycles. The second-order valence-corrected chi connectivity index (χ2v) is 8.19. The highest BCUT2D eigenvalue weighted by molar-refractivity contribution is 5.78. The Labute approximate surface area is 189 Å². The Bertz CT molecular complexity index is 973. The fourth-order valence-electron chi connectivity index (χ4n) is 3.79. The number of hydrogen-bond acceptors (Lipinski definition) is 6. The lowest BCUT2D eigenvalue weighted by Crippen LogP contribution is -2.46. The highest BCUT2D eigenvalue weighted by Crippen LogP contribution is 2.34. The quantitative estimate of drug-likeness (QED) is 0.693. The molecule has 1 fully saturated rings. The van der Waals surface area contributed by atoms with Crippen LogP contribution in [-0.2, 0) is 29.1 Å². The van der Waals surface area contributed by atoms with Crippen molar-refractivity contribution in [3.63, 3.8) is 0 Å². The molecular weight excluding hydrogens is 441 g/mol. The summed E-state index contributed by atoms with van der Waals surface area (Å²) >= 11 is 0. The molecule has 1 unspecified atom stereocenters. The Morgan fingerprint density at radius 2 is 1.88 bits per heavy atom. The number of carbonyl (C=O) groups is 2. The van der Waals surface area contributed by atoms with Crippen LogP contribution >= 0.6 is 0 Å². The largest absolute Gasteiger partial charge is 0.490 e. The molecule has 0 spiro atoms. The van der Waals surface area contributed by atoms with Crippen LogP contribution in [0.15, 0.2) is 18.6 Å². The van der Waals surface area contributed by atoms with Gasteiger partial charge >= 0.3 is 12.1 Å². The first kappa shape index (κ1) is 24.6. The van der Waals surface area contributed by atoms with Crippen LogP contribution in [0, 0.1) is 6.92 Å². The second kappa shape index (κ2) is 10.3. The van der Waals surface area contributed by atoms with Crippen LogP contribution in [0.25, 0.3) is 0 Å². The van der Waals surface area contributed by atoms with E-state index in [4.69, 9.17) is 14.9 Å². The van der Waals surface area contributed by atoms with Crippen LogP contribution in [0.3, 0.4) is 0 Å². The Balaban J connectivity index is 0.000000383. The summed E-state index contributed by atoms with van der Waals surface area (Å²) < 4.78 is 34.0. The zero-order valence-corrected chi connectivity index (χ0v) is 18.5. The molecule has 12 heteroatoms. The third-order valence-electron chi connectivity index (χ3n) is 5.76. The molecule has 1 amide bonds. The van der Waals surface area contributed by atoms with Crippen molar-refractivity contribution in [1.29, 1.82) is 0 Å². The summed E-state index contributed by atoms with van der Waals surface area (Å²) in [5.41, 5.74) is 2.47. The summed E-state index contributed by atoms with van der Waals surface area (Å²) in [6.07, 6.45) is 4.62. The number of aromatic nitrogens is 4. The van der Waals surface area contributed by atoms with Gasteiger partial charge in [-0.3, -0.25) is 19.7 Å². The van der Waals surface area contributed by atoms with Crippen molar-refractivity contribution in [2.24, 2.45) is 0 Å². The normalized spacial score (nSPS) is 18.5. The number of hydrogen-bond donors (Lipinski definition) is 2. The number of nitrogens with one attached hydrogen (secondary N) is 1. The van der Waals surface area contributed by atoms with Gasteiger partial charge in [0.05, 0.1) is 42.3 Å². The van der Waals surface area contributed by atoms with Crippen molar-refractivity contribution >= 4 is 11.9 Å². The molecule has 0 saturated heterocycles. The molecule has 1 atom stereocenters. The Hall–Kier alpha value is -3.02. The highest BCUT2D eigenvalue weighted by Gasteiger charge is 2.38. The number of aliphatic carboxylic acids is 1. The van der Waals surface area contributed by atoms with E-state index in [9.17, 15) is 18.0 Å². The predicted octanol–water partition coefficient (Wildman–Crippen LogP) is 2.40. The summed E-state index contributed by atoms with van der Waals surface area (Å²) in [5, 5.41) is 10.0. The van der Waals surface area contributed by atoms with Crippen molar-refractivity contribution < 1.29 is 27.9 Å². The van der Waals surface area contributed by atoms with Gasteiger partial charge in [0.25, 0.3) is 0 Å². The molecule has 0 aromatic carbocycles. The minimum absolute atomic E-state index is 0.0358. The van der Waals surface area contributed by atoms with Crippen molar-refractivity contribution in [2.45, 2.75) is 70.9 Å². The van der Waals surface area contributed by atoms with Crippen molar-refractivity contribution in [1.82, 2.24) is 29.7 Å². The predicted molar refractivity (Wildman–Crippen MR) is 111 cm³/mol. The molecule has 4 rings (SSSR count). The van der Waals surface area contributed by atoms with E-state index in [-0.39, 0.29) is 5.91 Å². The molecule has 9 nitrogen and oxygen atoms in total. The van der Waals surface area contributed by atoms with Gasteiger partial charge in [0, 0.05) is 31.5 Å².